The lowest BCUT2D eigenvalue weighted by Gasteiger charge is -2.26. The van der Waals surface area contributed by atoms with Gasteiger partial charge in [-0.1, -0.05) is 64.8 Å². The Morgan fingerprint density at radius 1 is 1.05 bits per heavy atom. The molecule has 0 aromatic heterocycles. The van der Waals surface area contributed by atoms with Crippen LogP contribution < -0.4 is 5.73 Å². The van der Waals surface area contributed by atoms with Gasteiger partial charge in [0.25, 0.3) is 0 Å². The van der Waals surface area contributed by atoms with E-state index in [2.05, 4.69) is 58.4 Å². The van der Waals surface area contributed by atoms with Crippen LogP contribution in [0.5, 0.6) is 0 Å². The summed E-state index contributed by atoms with van der Waals surface area (Å²) >= 11 is 3.59. The number of halogens is 1. The van der Waals surface area contributed by atoms with Gasteiger partial charge in [-0.2, -0.15) is 0 Å². The van der Waals surface area contributed by atoms with Crippen molar-refractivity contribution in [1.82, 2.24) is 0 Å². The van der Waals surface area contributed by atoms with Crippen molar-refractivity contribution in [2.24, 2.45) is 5.73 Å². The van der Waals surface area contributed by atoms with Crippen LogP contribution in [-0.4, -0.2) is 0 Å². The highest BCUT2D eigenvalue weighted by Crippen LogP contribution is 2.36. The smallest absolute Gasteiger partial charge is 0.0336 e. The first kappa shape index (κ1) is 13.8. The van der Waals surface area contributed by atoms with E-state index in [4.69, 9.17) is 5.73 Å². The summed E-state index contributed by atoms with van der Waals surface area (Å²) in [5.41, 5.74) is 10.3. The van der Waals surface area contributed by atoms with Gasteiger partial charge in [0, 0.05) is 10.5 Å². The predicted octanol–water partition coefficient (Wildman–Crippen LogP) is 4.96. The number of nitrogens with two attached hydrogens (primary N) is 1. The zero-order valence-corrected chi connectivity index (χ0v) is 13.1. The van der Waals surface area contributed by atoms with E-state index in [-0.39, 0.29) is 6.04 Å². The Labute approximate surface area is 129 Å². The van der Waals surface area contributed by atoms with Gasteiger partial charge in [0.2, 0.25) is 0 Å². The van der Waals surface area contributed by atoms with Crippen LogP contribution in [0.15, 0.2) is 53.0 Å². The molecule has 0 radical (unpaired) electrons. The van der Waals surface area contributed by atoms with E-state index in [1.807, 2.05) is 6.07 Å². The molecular formula is C18H20BrN. The van der Waals surface area contributed by atoms with Gasteiger partial charge in [-0.05, 0) is 47.9 Å². The molecule has 1 nitrogen and oxygen atoms in total. The third kappa shape index (κ3) is 2.97. The number of hydrogen-bond donors (Lipinski definition) is 1. The van der Waals surface area contributed by atoms with Gasteiger partial charge in [-0.3, -0.25) is 0 Å². The Morgan fingerprint density at radius 3 is 2.35 bits per heavy atom. The molecule has 1 aliphatic rings. The highest BCUT2D eigenvalue weighted by molar-refractivity contribution is 9.10. The lowest BCUT2D eigenvalue weighted by molar-refractivity contribution is 0.419. The van der Waals surface area contributed by atoms with Crippen LogP contribution in [0, 0.1) is 0 Å². The van der Waals surface area contributed by atoms with Gasteiger partial charge in [0.1, 0.15) is 0 Å². The molecule has 1 saturated carbocycles. The molecule has 2 aromatic rings. The van der Waals surface area contributed by atoms with E-state index in [1.165, 1.54) is 36.0 Å². The van der Waals surface area contributed by atoms with Gasteiger partial charge in [-0.25, -0.2) is 0 Å². The molecular weight excluding hydrogens is 310 g/mol. The fourth-order valence-electron chi connectivity index (χ4n) is 2.78. The molecule has 2 N–H and O–H groups in total. The van der Waals surface area contributed by atoms with Crippen LogP contribution in [0.25, 0.3) is 0 Å². The molecule has 0 saturated heterocycles. The van der Waals surface area contributed by atoms with Crippen molar-refractivity contribution in [1.29, 1.82) is 0 Å². The second-order valence-electron chi connectivity index (χ2n) is 5.70. The van der Waals surface area contributed by atoms with Crippen LogP contribution in [0.4, 0.5) is 0 Å². The van der Waals surface area contributed by atoms with Crippen molar-refractivity contribution in [3.8, 4) is 0 Å². The second-order valence-corrected chi connectivity index (χ2v) is 6.55. The highest BCUT2D eigenvalue weighted by Gasteiger charge is 2.19. The van der Waals surface area contributed by atoms with Gasteiger partial charge in [0.05, 0.1) is 0 Å². The lowest BCUT2D eigenvalue weighted by atomic mass is 9.80. The van der Waals surface area contributed by atoms with E-state index in [1.54, 1.807) is 0 Å². The van der Waals surface area contributed by atoms with E-state index in [9.17, 15) is 0 Å². The number of hydrogen-bond acceptors (Lipinski definition) is 1. The minimum Gasteiger partial charge on any atom is -0.324 e. The summed E-state index contributed by atoms with van der Waals surface area (Å²) in [5.74, 6) is 0.795. The Hall–Kier alpha value is -1.12. The van der Waals surface area contributed by atoms with E-state index >= 15 is 0 Å². The van der Waals surface area contributed by atoms with Crippen molar-refractivity contribution in [3.63, 3.8) is 0 Å². The number of rotatable bonds is 4. The molecule has 1 aliphatic carbocycles. The molecule has 0 bridgehead atoms. The van der Waals surface area contributed by atoms with Crippen molar-refractivity contribution in [3.05, 3.63) is 69.7 Å². The minimum atomic E-state index is 0.0594. The molecule has 2 heteroatoms. The van der Waals surface area contributed by atoms with Crippen molar-refractivity contribution >= 4 is 15.9 Å². The molecule has 2 aromatic carbocycles. The third-order valence-electron chi connectivity index (χ3n) is 4.34. The van der Waals surface area contributed by atoms with E-state index in [0.717, 1.165) is 16.8 Å². The van der Waals surface area contributed by atoms with Crippen LogP contribution in [0.3, 0.4) is 0 Å². The molecule has 0 spiro atoms. The Morgan fingerprint density at radius 2 is 1.75 bits per heavy atom. The average Bonchev–Trinajstić information content (AvgIpc) is 2.40. The van der Waals surface area contributed by atoms with Crippen LogP contribution in [-0.2, 0) is 6.42 Å². The van der Waals surface area contributed by atoms with Crippen LogP contribution in [0.1, 0.15) is 47.9 Å². The molecule has 20 heavy (non-hydrogen) atoms. The molecule has 1 unspecified atom stereocenters. The number of benzene rings is 2. The van der Waals surface area contributed by atoms with E-state index in [0.29, 0.717) is 0 Å². The van der Waals surface area contributed by atoms with Crippen molar-refractivity contribution in [2.45, 2.75) is 37.6 Å². The minimum absolute atomic E-state index is 0.0594. The summed E-state index contributed by atoms with van der Waals surface area (Å²) in [4.78, 5) is 0. The predicted molar refractivity (Wildman–Crippen MR) is 87.8 cm³/mol. The lowest BCUT2D eigenvalue weighted by Crippen LogP contribution is -2.14. The zero-order valence-electron chi connectivity index (χ0n) is 11.6. The Bertz CT molecular complexity index is 572. The van der Waals surface area contributed by atoms with Gasteiger partial charge in [-0.15, -0.1) is 0 Å². The Balaban J connectivity index is 1.70. The SMILES string of the molecule is NC(Cc1ccccc1Br)c1ccc(C2CCC2)cc1. The summed E-state index contributed by atoms with van der Waals surface area (Å²) in [6.45, 7) is 0. The summed E-state index contributed by atoms with van der Waals surface area (Å²) in [6.07, 6.45) is 4.95. The summed E-state index contributed by atoms with van der Waals surface area (Å²) in [5, 5.41) is 0. The first-order valence-electron chi connectivity index (χ1n) is 7.33. The van der Waals surface area contributed by atoms with Crippen molar-refractivity contribution < 1.29 is 0 Å². The molecule has 3 rings (SSSR count). The Kier molecular flexibility index (Phi) is 4.23. The molecule has 104 valence electrons. The second kappa shape index (κ2) is 6.11. The largest absolute Gasteiger partial charge is 0.324 e. The first-order valence-corrected chi connectivity index (χ1v) is 8.12. The molecule has 0 amide bonds. The average molecular weight is 330 g/mol. The van der Waals surface area contributed by atoms with Gasteiger partial charge >= 0.3 is 0 Å². The quantitative estimate of drug-likeness (QED) is 0.842. The maximum absolute atomic E-state index is 6.35. The standard InChI is InChI=1S/C18H20BrN/c19-17-7-2-1-4-16(17)12-18(20)15-10-8-14(9-11-15)13-5-3-6-13/h1-2,4,7-11,13,18H,3,5-6,12,20H2. The summed E-state index contributed by atoms with van der Waals surface area (Å²) in [7, 11) is 0. The normalized spacial score (nSPS) is 16.7. The highest BCUT2D eigenvalue weighted by atomic mass is 79.9. The topological polar surface area (TPSA) is 26.0 Å². The maximum atomic E-state index is 6.35. The van der Waals surface area contributed by atoms with E-state index < -0.39 is 0 Å². The third-order valence-corrected chi connectivity index (χ3v) is 5.11. The maximum Gasteiger partial charge on any atom is 0.0336 e. The summed E-state index contributed by atoms with van der Waals surface area (Å²) in [6, 6.07) is 17.3. The van der Waals surface area contributed by atoms with Gasteiger partial charge in [0.15, 0.2) is 0 Å². The summed E-state index contributed by atoms with van der Waals surface area (Å²) < 4.78 is 1.14. The molecule has 0 heterocycles. The molecule has 1 atom stereocenters. The van der Waals surface area contributed by atoms with Gasteiger partial charge < -0.3 is 5.73 Å². The van der Waals surface area contributed by atoms with Crippen LogP contribution in [0.2, 0.25) is 0 Å². The fraction of sp³-hybridized carbons (Fsp3) is 0.333. The van der Waals surface area contributed by atoms with Crippen LogP contribution >= 0.6 is 15.9 Å². The zero-order chi connectivity index (χ0) is 13.9. The fourth-order valence-corrected chi connectivity index (χ4v) is 3.22. The monoisotopic (exact) mass is 329 g/mol. The van der Waals surface area contributed by atoms with Crippen molar-refractivity contribution in [2.75, 3.05) is 0 Å². The first-order chi connectivity index (χ1) is 9.74. The molecule has 0 aliphatic heterocycles. The molecule has 1 fully saturated rings.